The van der Waals surface area contributed by atoms with Crippen molar-refractivity contribution in [2.45, 2.75) is 115 Å². The molecule has 4 nitrogen and oxygen atoms in total. The molecule has 0 unspecified atom stereocenters. The lowest BCUT2D eigenvalue weighted by atomic mass is 9.70. The van der Waals surface area contributed by atoms with E-state index in [4.69, 9.17) is 14.2 Å². The van der Waals surface area contributed by atoms with Gasteiger partial charge in [0.2, 0.25) is 0 Å². The van der Waals surface area contributed by atoms with E-state index < -0.39 is 6.16 Å². The van der Waals surface area contributed by atoms with Crippen LogP contribution in [0.3, 0.4) is 0 Å². The average molecular weight is 457 g/mol. The monoisotopic (exact) mass is 456 g/mol. The third-order valence-electron chi connectivity index (χ3n) is 8.76. The van der Waals surface area contributed by atoms with Crippen LogP contribution in [0.2, 0.25) is 0 Å². The Bertz CT molecular complexity index is 706. The molecule has 3 aliphatic rings. The van der Waals surface area contributed by atoms with Crippen molar-refractivity contribution in [1.29, 1.82) is 0 Å². The van der Waals surface area contributed by atoms with E-state index in [0.29, 0.717) is 5.92 Å². The minimum atomic E-state index is -0.438. The highest BCUT2D eigenvalue weighted by Crippen LogP contribution is 2.41. The molecular weight excluding hydrogens is 412 g/mol. The number of methoxy groups -OCH3 is 1. The van der Waals surface area contributed by atoms with E-state index in [2.05, 4.69) is 19.1 Å². The molecule has 1 aromatic carbocycles. The summed E-state index contributed by atoms with van der Waals surface area (Å²) in [5, 5.41) is 0. The molecule has 33 heavy (non-hydrogen) atoms. The Morgan fingerprint density at radius 1 is 0.758 bits per heavy atom. The first-order chi connectivity index (χ1) is 16.1. The molecule has 0 amide bonds. The van der Waals surface area contributed by atoms with Crippen molar-refractivity contribution in [1.82, 2.24) is 0 Å². The van der Waals surface area contributed by atoms with Crippen LogP contribution in [0.15, 0.2) is 24.3 Å². The first-order valence-corrected chi connectivity index (χ1v) is 13.7. The van der Waals surface area contributed by atoms with Crippen LogP contribution in [-0.4, -0.2) is 25.5 Å². The summed E-state index contributed by atoms with van der Waals surface area (Å²) in [5.74, 6) is 4.17. The lowest BCUT2D eigenvalue weighted by Crippen LogP contribution is -2.31. The maximum Gasteiger partial charge on any atom is 0.508 e. The van der Waals surface area contributed by atoms with Gasteiger partial charge in [0.25, 0.3) is 0 Å². The molecule has 3 aliphatic carbocycles. The number of benzene rings is 1. The molecule has 4 heteroatoms. The van der Waals surface area contributed by atoms with Gasteiger partial charge in [-0.25, -0.2) is 4.79 Å². The number of ether oxygens (including phenoxy) is 3. The van der Waals surface area contributed by atoms with Crippen LogP contribution in [0.1, 0.15) is 108 Å². The Morgan fingerprint density at radius 2 is 1.27 bits per heavy atom. The van der Waals surface area contributed by atoms with E-state index in [1.165, 1.54) is 56.9 Å². The summed E-state index contributed by atoms with van der Waals surface area (Å²) in [6, 6.07) is 8.38. The minimum absolute atomic E-state index is 0.00152. The van der Waals surface area contributed by atoms with Crippen molar-refractivity contribution in [2.75, 3.05) is 7.11 Å². The second-order valence-corrected chi connectivity index (χ2v) is 10.8. The molecule has 0 N–H and O–H groups in total. The predicted octanol–water partition coefficient (Wildman–Crippen LogP) is 8.04. The van der Waals surface area contributed by atoms with Gasteiger partial charge < -0.3 is 14.2 Å². The van der Waals surface area contributed by atoms with E-state index in [-0.39, 0.29) is 12.2 Å². The van der Waals surface area contributed by atoms with Gasteiger partial charge in [-0.1, -0.05) is 44.7 Å². The second-order valence-electron chi connectivity index (χ2n) is 10.8. The summed E-state index contributed by atoms with van der Waals surface area (Å²) in [4.78, 5) is 12.4. The zero-order valence-corrected chi connectivity index (χ0v) is 20.8. The van der Waals surface area contributed by atoms with Crippen LogP contribution in [0.25, 0.3) is 0 Å². The molecule has 0 radical (unpaired) electrons. The summed E-state index contributed by atoms with van der Waals surface area (Å²) in [7, 11) is 1.70. The maximum atomic E-state index is 12.4. The van der Waals surface area contributed by atoms with Crippen LogP contribution in [0.5, 0.6) is 5.75 Å². The van der Waals surface area contributed by atoms with Crippen LogP contribution < -0.4 is 4.74 Å². The van der Waals surface area contributed by atoms with Crippen molar-refractivity contribution in [3.8, 4) is 5.75 Å². The number of rotatable bonds is 7. The molecule has 184 valence electrons. The molecule has 3 fully saturated rings. The zero-order valence-electron chi connectivity index (χ0n) is 20.8. The first kappa shape index (κ1) is 24.4. The Hall–Kier alpha value is -1.71. The molecular formula is C29H44O4. The third-order valence-corrected chi connectivity index (χ3v) is 8.76. The average Bonchev–Trinajstić information content (AvgIpc) is 2.86. The lowest BCUT2D eigenvalue weighted by Gasteiger charge is -2.37. The van der Waals surface area contributed by atoms with Crippen molar-refractivity contribution in [3.63, 3.8) is 0 Å². The highest BCUT2D eigenvalue weighted by Gasteiger charge is 2.33. The standard InChI is InChI=1S/C29H44O4/c1-3-4-21-5-7-22(8-6-21)24-11-17-27(18-12-24)32-29(30)33-28-19-13-25(14-20-28)23-9-15-26(31-2)16-10-23/h9-10,15-16,21-22,24-25,27-28H,3-8,11-14,17-20H2,1-2H3. The fourth-order valence-electron chi connectivity index (χ4n) is 6.72. The Balaban J connectivity index is 1.12. The summed E-state index contributed by atoms with van der Waals surface area (Å²) in [6.45, 7) is 2.31. The second kappa shape index (κ2) is 12.1. The molecule has 0 aromatic heterocycles. The van der Waals surface area contributed by atoms with Gasteiger partial charge in [-0.15, -0.1) is 0 Å². The summed E-state index contributed by atoms with van der Waals surface area (Å²) >= 11 is 0. The molecule has 0 atom stereocenters. The molecule has 3 saturated carbocycles. The summed E-state index contributed by atoms with van der Waals surface area (Å²) in [5.41, 5.74) is 1.35. The fraction of sp³-hybridized carbons (Fsp3) is 0.759. The lowest BCUT2D eigenvalue weighted by molar-refractivity contribution is -0.0271. The van der Waals surface area contributed by atoms with Gasteiger partial charge in [0, 0.05) is 0 Å². The third kappa shape index (κ3) is 6.90. The van der Waals surface area contributed by atoms with Gasteiger partial charge in [0.05, 0.1) is 7.11 Å². The van der Waals surface area contributed by atoms with E-state index in [1.54, 1.807) is 7.11 Å². The van der Waals surface area contributed by atoms with Gasteiger partial charge >= 0.3 is 6.16 Å². The van der Waals surface area contributed by atoms with Crippen molar-refractivity contribution < 1.29 is 19.0 Å². The van der Waals surface area contributed by atoms with Gasteiger partial charge in [-0.2, -0.15) is 0 Å². The number of carbonyl (C=O) groups excluding carboxylic acids is 1. The minimum Gasteiger partial charge on any atom is -0.497 e. The van der Waals surface area contributed by atoms with Crippen molar-refractivity contribution >= 4 is 6.16 Å². The van der Waals surface area contributed by atoms with Gasteiger partial charge in [0.1, 0.15) is 18.0 Å². The highest BCUT2D eigenvalue weighted by molar-refractivity contribution is 5.60. The normalized spacial score (nSPS) is 32.7. The summed E-state index contributed by atoms with van der Waals surface area (Å²) in [6.07, 6.45) is 16.5. The molecule has 0 heterocycles. The smallest absolute Gasteiger partial charge is 0.497 e. The molecule has 0 spiro atoms. The first-order valence-electron chi connectivity index (χ1n) is 13.7. The van der Waals surface area contributed by atoms with E-state index >= 15 is 0 Å². The van der Waals surface area contributed by atoms with Gasteiger partial charge in [-0.3, -0.25) is 0 Å². The zero-order chi connectivity index (χ0) is 23.0. The topological polar surface area (TPSA) is 44.8 Å². The Labute approximate surface area is 200 Å². The maximum absolute atomic E-state index is 12.4. The quantitative estimate of drug-likeness (QED) is 0.389. The number of hydrogen-bond donors (Lipinski definition) is 0. The van der Waals surface area contributed by atoms with E-state index in [1.807, 2.05) is 12.1 Å². The van der Waals surface area contributed by atoms with Gasteiger partial charge in [-0.05, 0) is 106 Å². The highest BCUT2D eigenvalue weighted by atomic mass is 16.7. The van der Waals surface area contributed by atoms with Crippen molar-refractivity contribution in [3.05, 3.63) is 29.8 Å². The summed E-state index contributed by atoms with van der Waals surface area (Å²) < 4.78 is 16.7. The SMILES string of the molecule is CCCC1CCC(C2CCC(OC(=O)OC3CCC(c4ccc(OC)cc4)CC3)CC2)CC1. The van der Waals surface area contributed by atoms with Crippen LogP contribution >= 0.6 is 0 Å². The van der Waals surface area contributed by atoms with E-state index in [9.17, 15) is 4.79 Å². The number of hydrogen-bond acceptors (Lipinski definition) is 4. The molecule has 0 saturated heterocycles. The molecule has 4 rings (SSSR count). The fourth-order valence-corrected chi connectivity index (χ4v) is 6.72. The Morgan fingerprint density at radius 3 is 1.79 bits per heavy atom. The largest absolute Gasteiger partial charge is 0.508 e. The van der Waals surface area contributed by atoms with E-state index in [0.717, 1.165) is 62.0 Å². The van der Waals surface area contributed by atoms with Crippen LogP contribution in [0, 0.1) is 17.8 Å². The number of carbonyl (C=O) groups is 1. The van der Waals surface area contributed by atoms with Gasteiger partial charge in [0.15, 0.2) is 0 Å². The van der Waals surface area contributed by atoms with Crippen LogP contribution in [-0.2, 0) is 9.47 Å². The molecule has 0 aliphatic heterocycles. The molecule has 0 bridgehead atoms. The van der Waals surface area contributed by atoms with Crippen molar-refractivity contribution in [2.24, 2.45) is 17.8 Å². The predicted molar refractivity (Wildman–Crippen MR) is 132 cm³/mol. The molecule has 1 aromatic rings. The van der Waals surface area contributed by atoms with Crippen LogP contribution in [0.4, 0.5) is 4.79 Å². The Kier molecular flexibility index (Phi) is 8.97.